The van der Waals surface area contributed by atoms with Gasteiger partial charge in [-0.2, -0.15) is 0 Å². The molecule has 3 N–H and O–H groups in total. The van der Waals surface area contributed by atoms with E-state index in [0.29, 0.717) is 5.33 Å². The van der Waals surface area contributed by atoms with Crippen LogP contribution in [0.5, 0.6) is 0 Å². The molecule has 0 amide bonds. The van der Waals surface area contributed by atoms with E-state index in [1.54, 1.807) is 6.20 Å². The zero-order chi connectivity index (χ0) is 11.7. The van der Waals surface area contributed by atoms with Crippen LogP contribution in [0.2, 0.25) is 0 Å². The lowest BCUT2D eigenvalue weighted by Gasteiger charge is -2.14. The lowest BCUT2D eigenvalue weighted by atomic mass is 10.0. The van der Waals surface area contributed by atoms with Crippen molar-refractivity contribution in [1.29, 1.82) is 0 Å². The Morgan fingerprint density at radius 3 is 2.81 bits per heavy atom. The average molecular weight is 284 g/mol. The number of halogens is 1. The van der Waals surface area contributed by atoms with Crippen LogP contribution in [-0.2, 0) is 0 Å². The molecule has 3 nitrogen and oxygen atoms in total. The van der Waals surface area contributed by atoms with Crippen LogP contribution in [0, 0.1) is 6.92 Å². The van der Waals surface area contributed by atoms with Crippen LogP contribution in [0.1, 0.15) is 17.2 Å². The first-order chi connectivity index (χ1) is 7.63. The van der Waals surface area contributed by atoms with Crippen molar-refractivity contribution in [3.05, 3.63) is 35.5 Å². The fourth-order valence-electron chi connectivity index (χ4n) is 1.80. The highest BCUT2D eigenvalue weighted by Gasteiger charge is 2.20. The molecule has 0 saturated heterocycles. The van der Waals surface area contributed by atoms with Gasteiger partial charge in [0.2, 0.25) is 0 Å². The second-order valence-electron chi connectivity index (χ2n) is 3.96. The molecule has 1 aromatic heterocycles. The van der Waals surface area contributed by atoms with Crippen LogP contribution in [-0.4, -0.2) is 26.6 Å². The summed E-state index contributed by atoms with van der Waals surface area (Å²) >= 11 is 3.16. The van der Waals surface area contributed by atoms with E-state index < -0.39 is 12.2 Å². The number of alkyl halides is 1. The molecular formula is C12H14BrNO2. The summed E-state index contributed by atoms with van der Waals surface area (Å²) in [5, 5.41) is 20.9. The van der Waals surface area contributed by atoms with E-state index >= 15 is 0 Å². The van der Waals surface area contributed by atoms with Crippen LogP contribution in [0.3, 0.4) is 0 Å². The molecule has 0 aliphatic carbocycles. The van der Waals surface area contributed by atoms with Crippen LogP contribution in [0.25, 0.3) is 10.9 Å². The van der Waals surface area contributed by atoms with E-state index in [1.807, 2.05) is 25.1 Å². The SMILES string of the molecule is Cc1ccc2c(C(O)C(O)CBr)c[nH]c2c1. The highest BCUT2D eigenvalue weighted by molar-refractivity contribution is 9.09. The first-order valence-electron chi connectivity index (χ1n) is 5.13. The van der Waals surface area contributed by atoms with Crippen molar-refractivity contribution >= 4 is 26.8 Å². The van der Waals surface area contributed by atoms with Gasteiger partial charge in [-0.25, -0.2) is 0 Å². The van der Waals surface area contributed by atoms with Crippen molar-refractivity contribution in [3.8, 4) is 0 Å². The Bertz CT molecular complexity index is 495. The number of aliphatic hydroxyl groups excluding tert-OH is 2. The predicted molar refractivity (Wildman–Crippen MR) is 67.8 cm³/mol. The van der Waals surface area contributed by atoms with E-state index in [9.17, 15) is 10.2 Å². The maximum atomic E-state index is 9.95. The third-order valence-corrected chi connectivity index (χ3v) is 3.37. The fourth-order valence-corrected chi connectivity index (χ4v) is 2.15. The van der Waals surface area contributed by atoms with Crippen molar-refractivity contribution in [2.75, 3.05) is 5.33 Å². The molecule has 1 aromatic carbocycles. The molecule has 86 valence electrons. The summed E-state index contributed by atoms with van der Waals surface area (Å²) in [7, 11) is 0. The first-order valence-corrected chi connectivity index (χ1v) is 6.25. The normalized spacial score (nSPS) is 15.2. The highest BCUT2D eigenvalue weighted by Crippen LogP contribution is 2.27. The topological polar surface area (TPSA) is 56.2 Å². The molecule has 16 heavy (non-hydrogen) atoms. The fraction of sp³-hybridized carbons (Fsp3) is 0.333. The van der Waals surface area contributed by atoms with Crippen molar-refractivity contribution in [2.45, 2.75) is 19.1 Å². The lowest BCUT2D eigenvalue weighted by molar-refractivity contribution is 0.0352. The Labute approximate surface area is 102 Å². The van der Waals surface area contributed by atoms with Gasteiger partial charge in [0.05, 0.1) is 6.10 Å². The van der Waals surface area contributed by atoms with Gasteiger partial charge in [0.15, 0.2) is 0 Å². The third-order valence-electron chi connectivity index (χ3n) is 2.71. The van der Waals surface area contributed by atoms with Crippen molar-refractivity contribution in [3.63, 3.8) is 0 Å². The third kappa shape index (κ3) is 2.00. The molecule has 2 atom stereocenters. The molecule has 0 bridgehead atoms. The Morgan fingerprint density at radius 2 is 2.12 bits per heavy atom. The Kier molecular flexibility index (Phi) is 3.33. The maximum Gasteiger partial charge on any atom is 0.108 e. The van der Waals surface area contributed by atoms with Gasteiger partial charge >= 0.3 is 0 Å². The summed E-state index contributed by atoms with van der Waals surface area (Å²) in [4.78, 5) is 3.10. The van der Waals surface area contributed by atoms with E-state index in [2.05, 4.69) is 20.9 Å². The summed E-state index contributed by atoms with van der Waals surface area (Å²) in [5.41, 5.74) is 2.88. The lowest BCUT2D eigenvalue weighted by Crippen LogP contribution is -2.19. The van der Waals surface area contributed by atoms with Crippen LogP contribution in [0.4, 0.5) is 0 Å². The molecular weight excluding hydrogens is 270 g/mol. The van der Waals surface area contributed by atoms with Crippen molar-refractivity contribution in [2.24, 2.45) is 0 Å². The molecule has 2 rings (SSSR count). The van der Waals surface area contributed by atoms with Crippen LogP contribution in [0.15, 0.2) is 24.4 Å². The number of aromatic nitrogens is 1. The minimum atomic E-state index is -0.865. The highest BCUT2D eigenvalue weighted by atomic mass is 79.9. The number of nitrogens with one attached hydrogen (secondary N) is 1. The average Bonchev–Trinajstić information content (AvgIpc) is 2.69. The molecule has 0 aliphatic rings. The van der Waals surface area contributed by atoms with Crippen LogP contribution >= 0.6 is 15.9 Å². The molecule has 0 spiro atoms. The van der Waals surface area contributed by atoms with Gasteiger partial charge in [0.25, 0.3) is 0 Å². The number of rotatable bonds is 3. The quantitative estimate of drug-likeness (QED) is 0.757. The van der Waals surface area contributed by atoms with Gasteiger partial charge < -0.3 is 15.2 Å². The minimum absolute atomic E-state index is 0.354. The number of hydrogen-bond donors (Lipinski definition) is 3. The Balaban J connectivity index is 2.45. The number of hydrogen-bond acceptors (Lipinski definition) is 2. The zero-order valence-electron chi connectivity index (χ0n) is 8.94. The molecule has 2 aromatic rings. The Morgan fingerprint density at radius 1 is 1.38 bits per heavy atom. The molecule has 0 fully saturated rings. The summed E-state index contributed by atoms with van der Waals surface area (Å²) in [5.74, 6) is 0. The van der Waals surface area contributed by atoms with Gasteiger partial charge in [0, 0.05) is 28.0 Å². The van der Waals surface area contributed by atoms with E-state index in [0.717, 1.165) is 22.0 Å². The standard InChI is InChI=1S/C12H14BrNO2/c1-7-2-3-8-9(6-14-10(8)4-7)12(16)11(15)5-13/h2-4,6,11-12,14-16H,5H2,1H3. The van der Waals surface area contributed by atoms with Crippen molar-refractivity contribution < 1.29 is 10.2 Å². The molecule has 0 saturated carbocycles. The van der Waals surface area contributed by atoms with Gasteiger partial charge in [0.1, 0.15) is 6.10 Å². The number of fused-ring (bicyclic) bond motifs is 1. The monoisotopic (exact) mass is 283 g/mol. The Hall–Kier alpha value is -0.840. The summed E-state index contributed by atoms with van der Waals surface area (Å²) in [6.45, 7) is 2.02. The number of benzene rings is 1. The molecule has 1 heterocycles. The van der Waals surface area contributed by atoms with Gasteiger partial charge in [-0.1, -0.05) is 28.1 Å². The van der Waals surface area contributed by atoms with E-state index in [-0.39, 0.29) is 0 Å². The van der Waals surface area contributed by atoms with Crippen molar-refractivity contribution in [1.82, 2.24) is 4.98 Å². The molecule has 0 radical (unpaired) electrons. The summed E-state index contributed by atoms with van der Waals surface area (Å²) in [6, 6.07) is 5.97. The van der Waals surface area contributed by atoms with Gasteiger partial charge in [-0.05, 0) is 18.6 Å². The molecule has 4 heteroatoms. The summed E-state index contributed by atoms with van der Waals surface area (Å²) in [6.07, 6.45) is 0.0943. The predicted octanol–water partition coefficient (Wildman–Crippen LogP) is 2.27. The second-order valence-corrected chi connectivity index (χ2v) is 4.61. The number of H-pyrrole nitrogens is 1. The van der Waals surface area contributed by atoms with Gasteiger partial charge in [-0.15, -0.1) is 0 Å². The number of aliphatic hydroxyl groups is 2. The van der Waals surface area contributed by atoms with Crippen LogP contribution < -0.4 is 0 Å². The maximum absolute atomic E-state index is 9.95. The number of aryl methyl sites for hydroxylation is 1. The largest absolute Gasteiger partial charge is 0.389 e. The smallest absolute Gasteiger partial charge is 0.108 e. The summed E-state index contributed by atoms with van der Waals surface area (Å²) < 4.78 is 0. The first kappa shape index (κ1) is 11.6. The second kappa shape index (κ2) is 4.57. The zero-order valence-corrected chi connectivity index (χ0v) is 10.5. The van der Waals surface area contributed by atoms with E-state index in [1.165, 1.54) is 0 Å². The minimum Gasteiger partial charge on any atom is -0.389 e. The molecule has 0 aliphatic heterocycles. The molecule has 2 unspecified atom stereocenters. The van der Waals surface area contributed by atoms with E-state index in [4.69, 9.17) is 0 Å². The number of aromatic amines is 1. The van der Waals surface area contributed by atoms with Gasteiger partial charge in [-0.3, -0.25) is 0 Å².